The number of nitrogens with zero attached hydrogens (tertiary/aromatic N) is 1. The van der Waals surface area contributed by atoms with E-state index in [1.165, 1.54) is 19.3 Å². The Morgan fingerprint density at radius 1 is 1.27 bits per heavy atom. The Kier molecular flexibility index (Phi) is 1.90. The molecule has 0 amide bonds. The van der Waals surface area contributed by atoms with Crippen molar-refractivity contribution < 1.29 is 5.11 Å². The molecule has 2 heteroatoms. The van der Waals surface area contributed by atoms with Gasteiger partial charge < -0.3 is 10.0 Å². The zero-order chi connectivity index (χ0) is 7.84. The van der Waals surface area contributed by atoms with Crippen LogP contribution in [0.5, 0.6) is 0 Å². The van der Waals surface area contributed by atoms with Crippen molar-refractivity contribution in [2.24, 2.45) is 5.92 Å². The topological polar surface area (TPSA) is 23.5 Å². The van der Waals surface area contributed by atoms with Crippen LogP contribution in [0.4, 0.5) is 0 Å². The molecule has 1 saturated heterocycles. The number of hydrogen-bond acceptors (Lipinski definition) is 2. The van der Waals surface area contributed by atoms with E-state index in [0.29, 0.717) is 12.0 Å². The Hall–Kier alpha value is -0.0800. The number of piperidine rings is 1. The van der Waals surface area contributed by atoms with Crippen molar-refractivity contribution in [1.82, 2.24) is 4.90 Å². The Bertz CT molecular complexity index is 132. The molecule has 0 aromatic rings. The summed E-state index contributed by atoms with van der Waals surface area (Å²) < 4.78 is 0. The van der Waals surface area contributed by atoms with Gasteiger partial charge in [-0.15, -0.1) is 0 Å². The molecule has 1 N–H and O–H groups in total. The second-order valence-electron chi connectivity index (χ2n) is 4.00. The summed E-state index contributed by atoms with van der Waals surface area (Å²) in [6.45, 7) is 1.09. The Labute approximate surface area is 68.2 Å². The summed E-state index contributed by atoms with van der Waals surface area (Å²) in [6, 6.07) is 0.693. The van der Waals surface area contributed by atoms with Crippen LogP contribution in [-0.2, 0) is 0 Å². The fourth-order valence-electron chi connectivity index (χ4n) is 2.68. The maximum Gasteiger partial charge on any atom is 0.0595 e. The van der Waals surface area contributed by atoms with E-state index in [1.54, 1.807) is 0 Å². The van der Waals surface area contributed by atoms with E-state index in [0.717, 1.165) is 13.0 Å². The SMILES string of the molecule is CN1CC[C@H](O)[C@H]2CCC[C@@H]21. The molecule has 0 unspecified atom stereocenters. The minimum atomic E-state index is -0.00120. The zero-order valence-electron chi connectivity index (χ0n) is 7.16. The molecule has 2 nitrogen and oxygen atoms in total. The number of likely N-dealkylation sites (tertiary alicyclic amines) is 1. The van der Waals surface area contributed by atoms with Crippen LogP contribution in [0.2, 0.25) is 0 Å². The molecule has 1 saturated carbocycles. The molecule has 0 spiro atoms. The van der Waals surface area contributed by atoms with E-state index in [-0.39, 0.29) is 6.10 Å². The van der Waals surface area contributed by atoms with Crippen molar-refractivity contribution in [2.45, 2.75) is 37.8 Å². The number of rotatable bonds is 0. The standard InChI is InChI=1S/C9H17NO/c1-10-6-5-9(11)7-3-2-4-8(7)10/h7-9,11H,2-6H2,1H3/t7-,8-,9-/m0/s1. The first-order valence-corrected chi connectivity index (χ1v) is 4.67. The van der Waals surface area contributed by atoms with E-state index in [2.05, 4.69) is 11.9 Å². The highest BCUT2D eigenvalue weighted by Gasteiger charge is 2.38. The summed E-state index contributed by atoms with van der Waals surface area (Å²) in [6.07, 6.45) is 4.85. The van der Waals surface area contributed by atoms with Crippen molar-refractivity contribution in [3.8, 4) is 0 Å². The third-order valence-corrected chi connectivity index (χ3v) is 3.37. The first kappa shape index (κ1) is 7.56. The van der Waals surface area contributed by atoms with Crippen LogP contribution in [0, 0.1) is 5.92 Å². The van der Waals surface area contributed by atoms with E-state index >= 15 is 0 Å². The summed E-state index contributed by atoms with van der Waals surface area (Å²) >= 11 is 0. The molecule has 3 atom stereocenters. The third-order valence-electron chi connectivity index (χ3n) is 3.37. The second-order valence-corrected chi connectivity index (χ2v) is 4.00. The van der Waals surface area contributed by atoms with E-state index < -0.39 is 0 Å². The smallest absolute Gasteiger partial charge is 0.0595 e. The van der Waals surface area contributed by atoms with Gasteiger partial charge in [0.25, 0.3) is 0 Å². The highest BCUT2D eigenvalue weighted by Crippen LogP contribution is 2.35. The van der Waals surface area contributed by atoms with Crippen LogP contribution in [0.1, 0.15) is 25.7 Å². The zero-order valence-corrected chi connectivity index (χ0v) is 7.16. The van der Waals surface area contributed by atoms with Crippen molar-refractivity contribution in [3.63, 3.8) is 0 Å². The summed E-state index contributed by atoms with van der Waals surface area (Å²) in [4.78, 5) is 2.42. The number of aliphatic hydroxyl groups is 1. The van der Waals surface area contributed by atoms with Crippen molar-refractivity contribution in [1.29, 1.82) is 0 Å². The fraction of sp³-hybridized carbons (Fsp3) is 1.00. The predicted molar refractivity (Wildman–Crippen MR) is 44.4 cm³/mol. The number of hydrogen-bond donors (Lipinski definition) is 1. The molecule has 1 aliphatic carbocycles. The van der Waals surface area contributed by atoms with Crippen molar-refractivity contribution in [3.05, 3.63) is 0 Å². The average molecular weight is 155 g/mol. The molecule has 2 rings (SSSR count). The Balaban J connectivity index is 2.08. The lowest BCUT2D eigenvalue weighted by Crippen LogP contribution is -2.46. The summed E-state index contributed by atoms with van der Waals surface area (Å²) in [5.74, 6) is 0.591. The Morgan fingerprint density at radius 3 is 2.82 bits per heavy atom. The van der Waals surface area contributed by atoms with Crippen LogP contribution in [0.15, 0.2) is 0 Å². The van der Waals surface area contributed by atoms with Gasteiger partial charge in [-0.3, -0.25) is 0 Å². The third kappa shape index (κ3) is 1.18. The monoisotopic (exact) mass is 155 g/mol. The van der Waals surface area contributed by atoms with Crippen LogP contribution in [0.25, 0.3) is 0 Å². The quantitative estimate of drug-likeness (QED) is 0.560. The number of fused-ring (bicyclic) bond motifs is 1. The summed E-state index contributed by atoms with van der Waals surface area (Å²) in [5, 5.41) is 9.67. The average Bonchev–Trinajstić information content (AvgIpc) is 2.45. The van der Waals surface area contributed by atoms with Gasteiger partial charge >= 0.3 is 0 Å². The first-order chi connectivity index (χ1) is 5.29. The van der Waals surface area contributed by atoms with Crippen molar-refractivity contribution >= 4 is 0 Å². The molecule has 11 heavy (non-hydrogen) atoms. The van der Waals surface area contributed by atoms with Crippen LogP contribution in [-0.4, -0.2) is 35.7 Å². The molecule has 0 aromatic carbocycles. The lowest BCUT2D eigenvalue weighted by Gasteiger charge is -2.38. The fourth-order valence-corrected chi connectivity index (χ4v) is 2.68. The second kappa shape index (κ2) is 2.76. The Morgan fingerprint density at radius 2 is 2.09 bits per heavy atom. The van der Waals surface area contributed by atoms with E-state index in [9.17, 15) is 5.11 Å². The molecule has 64 valence electrons. The molecule has 0 radical (unpaired) electrons. The molecule has 2 fully saturated rings. The first-order valence-electron chi connectivity index (χ1n) is 4.67. The molecule has 0 bridgehead atoms. The molecular formula is C9H17NO. The van der Waals surface area contributed by atoms with E-state index in [4.69, 9.17) is 0 Å². The van der Waals surface area contributed by atoms with Gasteiger partial charge in [-0.1, -0.05) is 6.42 Å². The van der Waals surface area contributed by atoms with Gasteiger partial charge in [0.2, 0.25) is 0 Å². The van der Waals surface area contributed by atoms with Gasteiger partial charge in [0.15, 0.2) is 0 Å². The normalized spacial score (nSPS) is 45.8. The molecule has 2 aliphatic rings. The predicted octanol–water partition coefficient (Wildman–Crippen LogP) is 0.851. The van der Waals surface area contributed by atoms with Gasteiger partial charge in [0, 0.05) is 18.5 Å². The van der Waals surface area contributed by atoms with Crippen LogP contribution >= 0.6 is 0 Å². The molecule has 0 aromatic heterocycles. The van der Waals surface area contributed by atoms with Gasteiger partial charge in [0.05, 0.1) is 6.10 Å². The minimum absolute atomic E-state index is 0.00120. The number of aliphatic hydroxyl groups excluding tert-OH is 1. The molecule has 1 heterocycles. The van der Waals surface area contributed by atoms with Gasteiger partial charge in [-0.2, -0.15) is 0 Å². The van der Waals surface area contributed by atoms with Gasteiger partial charge in [-0.25, -0.2) is 0 Å². The maximum atomic E-state index is 9.67. The van der Waals surface area contributed by atoms with Crippen molar-refractivity contribution in [2.75, 3.05) is 13.6 Å². The minimum Gasteiger partial charge on any atom is -0.393 e. The molecular weight excluding hydrogens is 138 g/mol. The maximum absolute atomic E-state index is 9.67. The van der Waals surface area contributed by atoms with E-state index in [1.807, 2.05) is 0 Å². The van der Waals surface area contributed by atoms with Gasteiger partial charge in [0.1, 0.15) is 0 Å². The lowest BCUT2D eigenvalue weighted by molar-refractivity contribution is 0.00996. The summed E-state index contributed by atoms with van der Waals surface area (Å²) in [7, 11) is 2.19. The largest absolute Gasteiger partial charge is 0.393 e. The van der Waals surface area contributed by atoms with Crippen LogP contribution < -0.4 is 0 Å². The lowest BCUT2D eigenvalue weighted by atomic mass is 9.90. The molecule has 1 aliphatic heterocycles. The van der Waals surface area contributed by atoms with Crippen LogP contribution in [0.3, 0.4) is 0 Å². The highest BCUT2D eigenvalue weighted by molar-refractivity contribution is 4.92. The van der Waals surface area contributed by atoms with Gasteiger partial charge in [-0.05, 0) is 26.3 Å². The highest BCUT2D eigenvalue weighted by atomic mass is 16.3. The summed E-state index contributed by atoms with van der Waals surface area (Å²) in [5.41, 5.74) is 0.